The quantitative estimate of drug-likeness (QED) is 0.0268. The summed E-state index contributed by atoms with van der Waals surface area (Å²) in [6.45, 7) is 4.44. The van der Waals surface area contributed by atoms with Crippen molar-refractivity contribution in [3.8, 4) is 0 Å². The van der Waals surface area contributed by atoms with Crippen LogP contribution in [-0.2, 0) is 23.7 Å². The third-order valence-electron chi connectivity index (χ3n) is 11.9. The molecule has 0 radical (unpaired) electrons. The predicted molar refractivity (Wildman–Crippen MR) is 265 cm³/mol. The van der Waals surface area contributed by atoms with E-state index in [2.05, 4.69) is 74.6 Å². The smallest absolute Gasteiger partial charge is 0.306 e. The Kier molecular flexibility index (Phi) is 43.1. The predicted octanol–water partition coefficient (Wildman–Crippen LogP) is 13.0. The molecule has 0 amide bonds. The van der Waals surface area contributed by atoms with Crippen molar-refractivity contribution in [1.29, 1.82) is 0 Å². The highest BCUT2D eigenvalue weighted by Crippen LogP contribution is 2.23. The fraction of sp³-hybridized carbons (Fsp3) is 0.800. The normalized spacial score (nSPS) is 20.0. The van der Waals surface area contributed by atoms with Crippen molar-refractivity contribution in [2.75, 3.05) is 26.4 Å². The Hall–Kier alpha value is -2.11. The molecule has 1 fully saturated rings. The largest absolute Gasteiger partial charge is 0.457 e. The lowest BCUT2D eigenvalue weighted by atomic mass is 9.99. The minimum absolute atomic E-state index is 0.119. The third kappa shape index (κ3) is 36.1. The van der Waals surface area contributed by atoms with Crippen LogP contribution in [0, 0.1) is 0 Å². The van der Waals surface area contributed by atoms with Gasteiger partial charge in [0, 0.05) is 13.0 Å². The number of esters is 1. The highest BCUT2D eigenvalue weighted by atomic mass is 16.7. The van der Waals surface area contributed by atoms with Crippen molar-refractivity contribution in [3.63, 3.8) is 0 Å². The molecule has 0 spiro atoms. The van der Waals surface area contributed by atoms with Crippen LogP contribution in [-0.4, -0.2) is 89.6 Å². The monoisotopic (exact) mass is 903 g/mol. The highest BCUT2D eigenvalue weighted by molar-refractivity contribution is 5.69. The second-order valence-corrected chi connectivity index (χ2v) is 17.9. The molecule has 64 heavy (non-hydrogen) atoms. The van der Waals surface area contributed by atoms with E-state index in [1.807, 2.05) is 0 Å². The zero-order valence-corrected chi connectivity index (χ0v) is 41.0. The zero-order chi connectivity index (χ0) is 46.4. The topological polar surface area (TPSA) is 135 Å². The van der Waals surface area contributed by atoms with Crippen LogP contribution in [0.1, 0.15) is 219 Å². The summed E-state index contributed by atoms with van der Waals surface area (Å²) in [5.41, 5.74) is 0. The van der Waals surface area contributed by atoms with E-state index in [0.29, 0.717) is 13.0 Å². The lowest BCUT2D eigenvalue weighted by Crippen LogP contribution is -2.59. The Balaban J connectivity index is 2.19. The molecule has 0 aromatic heterocycles. The third-order valence-corrected chi connectivity index (χ3v) is 11.9. The summed E-state index contributed by atoms with van der Waals surface area (Å²) >= 11 is 0. The first kappa shape index (κ1) is 59.9. The summed E-state index contributed by atoms with van der Waals surface area (Å²) in [7, 11) is 0. The molecule has 372 valence electrons. The number of aliphatic hydroxyl groups is 4. The average molecular weight is 903 g/mol. The molecule has 6 unspecified atom stereocenters. The maximum atomic E-state index is 12.9. The molecule has 6 atom stereocenters. The molecule has 1 heterocycles. The maximum Gasteiger partial charge on any atom is 0.306 e. The van der Waals surface area contributed by atoms with Gasteiger partial charge < -0.3 is 39.4 Å². The summed E-state index contributed by atoms with van der Waals surface area (Å²) in [6.07, 6.45) is 52.5. The summed E-state index contributed by atoms with van der Waals surface area (Å²) in [4.78, 5) is 12.9. The Morgan fingerprint density at radius 1 is 0.516 bits per heavy atom. The van der Waals surface area contributed by atoms with Crippen LogP contribution in [0.15, 0.2) is 60.8 Å². The van der Waals surface area contributed by atoms with Gasteiger partial charge in [-0.15, -0.1) is 0 Å². The summed E-state index contributed by atoms with van der Waals surface area (Å²) in [5, 5.41) is 40.3. The molecular formula is C55H98O9. The second-order valence-electron chi connectivity index (χ2n) is 17.9. The Morgan fingerprint density at radius 2 is 0.953 bits per heavy atom. The second kappa shape index (κ2) is 46.0. The van der Waals surface area contributed by atoms with E-state index in [1.54, 1.807) is 0 Å². The van der Waals surface area contributed by atoms with Gasteiger partial charge in [-0.1, -0.05) is 197 Å². The first-order valence-electron chi connectivity index (χ1n) is 26.4. The molecule has 0 bridgehead atoms. The molecule has 1 aliphatic rings. The van der Waals surface area contributed by atoms with E-state index >= 15 is 0 Å². The lowest BCUT2D eigenvalue weighted by Gasteiger charge is -2.39. The van der Waals surface area contributed by atoms with E-state index in [0.717, 1.165) is 70.6 Å². The number of hydrogen-bond donors (Lipinski definition) is 4. The molecule has 0 aromatic carbocycles. The SMILES string of the molecule is CC/C=C\C/C=C\C/C=C\CCCCCCCCCCOCC(COC1OC(CO)C(O)C(O)C1O)OC(=O)CCCCCCCCCCCCC/C=C\C/C=C\CCCCCCC. The van der Waals surface area contributed by atoms with Crippen molar-refractivity contribution < 1.29 is 44.2 Å². The van der Waals surface area contributed by atoms with Crippen molar-refractivity contribution in [2.24, 2.45) is 0 Å². The van der Waals surface area contributed by atoms with Gasteiger partial charge >= 0.3 is 5.97 Å². The first-order chi connectivity index (χ1) is 31.4. The van der Waals surface area contributed by atoms with Crippen LogP contribution in [0.5, 0.6) is 0 Å². The van der Waals surface area contributed by atoms with Crippen LogP contribution in [0.2, 0.25) is 0 Å². The minimum Gasteiger partial charge on any atom is -0.457 e. The van der Waals surface area contributed by atoms with E-state index < -0.39 is 43.4 Å². The minimum atomic E-state index is -1.54. The molecular weight excluding hydrogens is 805 g/mol. The number of rotatable bonds is 45. The molecule has 1 saturated heterocycles. The Labute approximate surface area is 392 Å². The number of hydrogen-bond acceptors (Lipinski definition) is 9. The number of carbonyl (C=O) groups excluding carboxylic acids is 1. The van der Waals surface area contributed by atoms with Gasteiger partial charge in [-0.2, -0.15) is 0 Å². The van der Waals surface area contributed by atoms with Gasteiger partial charge in [0.1, 0.15) is 30.5 Å². The standard InChI is InChI=1S/C55H98O9/c1-3-5-7-9-11-13-15-17-19-21-23-24-25-26-27-28-30-32-34-36-38-40-42-44-51(57)63-49(48-62-55-54(60)53(59)52(58)50(46-56)64-55)47-61-45-43-41-39-37-35-33-31-29-22-20-18-16-14-12-10-8-6-4-2/h6,8,12,14-15,17-18,20-21,23,49-50,52-56,58-60H,3-5,7,9-11,13,16,19,22,24-48H2,1-2H3/b8-6-,14-12-,17-15-,20-18-,23-21-. The van der Waals surface area contributed by atoms with Gasteiger partial charge in [0.2, 0.25) is 0 Å². The van der Waals surface area contributed by atoms with Gasteiger partial charge in [0.15, 0.2) is 6.29 Å². The molecule has 1 aliphatic heterocycles. The van der Waals surface area contributed by atoms with Crippen molar-refractivity contribution in [1.82, 2.24) is 0 Å². The molecule has 9 nitrogen and oxygen atoms in total. The highest BCUT2D eigenvalue weighted by Gasteiger charge is 2.44. The maximum absolute atomic E-state index is 12.9. The number of allylic oxidation sites excluding steroid dienone is 10. The Morgan fingerprint density at radius 3 is 1.44 bits per heavy atom. The van der Waals surface area contributed by atoms with E-state index in [1.165, 1.54) is 128 Å². The van der Waals surface area contributed by atoms with Crippen molar-refractivity contribution in [2.45, 2.75) is 256 Å². The molecule has 0 aromatic rings. The van der Waals surface area contributed by atoms with Crippen molar-refractivity contribution in [3.05, 3.63) is 60.8 Å². The molecule has 1 rings (SSSR count). The summed E-state index contributed by atoms with van der Waals surface area (Å²) in [6, 6.07) is 0. The number of unbranched alkanes of at least 4 members (excludes halogenated alkanes) is 24. The first-order valence-corrected chi connectivity index (χ1v) is 26.4. The van der Waals surface area contributed by atoms with E-state index in [-0.39, 0.29) is 19.2 Å². The van der Waals surface area contributed by atoms with Gasteiger partial charge in [0.05, 0.1) is 19.8 Å². The van der Waals surface area contributed by atoms with Crippen LogP contribution in [0.25, 0.3) is 0 Å². The van der Waals surface area contributed by atoms with Crippen LogP contribution >= 0.6 is 0 Å². The summed E-state index contributed by atoms with van der Waals surface area (Å²) < 4.78 is 22.9. The van der Waals surface area contributed by atoms with E-state index in [9.17, 15) is 25.2 Å². The lowest BCUT2D eigenvalue weighted by molar-refractivity contribution is -0.305. The number of carbonyl (C=O) groups is 1. The molecule has 0 saturated carbocycles. The fourth-order valence-corrected chi connectivity index (χ4v) is 7.83. The molecule has 9 heteroatoms. The summed E-state index contributed by atoms with van der Waals surface area (Å²) in [5.74, 6) is -0.318. The molecule has 4 N–H and O–H groups in total. The van der Waals surface area contributed by atoms with E-state index in [4.69, 9.17) is 18.9 Å². The van der Waals surface area contributed by atoms with Gasteiger partial charge in [-0.05, 0) is 77.0 Å². The van der Waals surface area contributed by atoms with Gasteiger partial charge in [0.25, 0.3) is 0 Å². The zero-order valence-electron chi connectivity index (χ0n) is 41.0. The number of aliphatic hydroxyl groups excluding tert-OH is 4. The number of ether oxygens (including phenoxy) is 4. The Bertz CT molecular complexity index is 1160. The van der Waals surface area contributed by atoms with Crippen molar-refractivity contribution >= 4 is 5.97 Å². The van der Waals surface area contributed by atoms with Gasteiger partial charge in [-0.25, -0.2) is 0 Å². The van der Waals surface area contributed by atoms with Crippen LogP contribution in [0.4, 0.5) is 0 Å². The van der Waals surface area contributed by atoms with Crippen LogP contribution < -0.4 is 0 Å². The molecule has 0 aliphatic carbocycles. The fourth-order valence-electron chi connectivity index (χ4n) is 7.83. The van der Waals surface area contributed by atoms with Crippen LogP contribution in [0.3, 0.4) is 0 Å². The van der Waals surface area contributed by atoms with Gasteiger partial charge in [-0.3, -0.25) is 4.79 Å². The average Bonchev–Trinajstić information content (AvgIpc) is 3.30.